The van der Waals surface area contributed by atoms with Crippen molar-refractivity contribution in [2.45, 2.75) is 24.9 Å². The molecule has 0 radical (unpaired) electrons. The summed E-state index contributed by atoms with van der Waals surface area (Å²) in [5.74, 6) is 0. The molecule has 3 heterocycles. The van der Waals surface area contributed by atoms with Gasteiger partial charge in [-0.2, -0.15) is 0 Å². The largest absolute Gasteiger partial charge is 0.394 e. The molecule has 3 atom stereocenters. The summed E-state index contributed by atoms with van der Waals surface area (Å²) in [6.45, 7) is -0.352. The maximum atomic E-state index is 12.3. The van der Waals surface area contributed by atoms with E-state index in [1.54, 1.807) is 0 Å². The van der Waals surface area contributed by atoms with E-state index in [1.165, 1.54) is 22.1 Å². The number of aromatic nitrogens is 3. The van der Waals surface area contributed by atoms with E-state index in [1.807, 2.05) is 18.2 Å². The molecular weight excluding hydrogens is 426 g/mol. The van der Waals surface area contributed by atoms with Crippen LogP contribution in [0.1, 0.15) is 12.6 Å². The third kappa shape index (κ3) is 3.03. The topological polar surface area (TPSA) is 117 Å². The van der Waals surface area contributed by atoms with Crippen LogP contribution >= 0.6 is 27.3 Å². The highest BCUT2D eigenvalue weighted by Crippen LogP contribution is 2.31. The minimum atomic E-state index is -0.882. The van der Waals surface area contributed by atoms with Crippen molar-refractivity contribution in [1.82, 2.24) is 14.5 Å². The molecule has 1 saturated heterocycles. The average molecular weight is 440 g/mol. The Bertz CT molecular complexity index is 1090. The summed E-state index contributed by atoms with van der Waals surface area (Å²) in [5, 5.41) is 19.6. The first-order valence-corrected chi connectivity index (χ1v) is 9.43. The highest BCUT2D eigenvalue weighted by Gasteiger charge is 2.35. The molecule has 0 unspecified atom stereocenters. The van der Waals surface area contributed by atoms with Gasteiger partial charge in [0.2, 0.25) is 0 Å². The fraction of sp³-hybridized carbons (Fsp3) is 0.312. The van der Waals surface area contributed by atoms with Gasteiger partial charge in [-0.25, -0.2) is 9.78 Å². The molecule has 8 nitrogen and oxygen atoms in total. The molecule has 26 heavy (non-hydrogen) atoms. The quantitative estimate of drug-likeness (QED) is 0.564. The van der Waals surface area contributed by atoms with Crippen molar-refractivity contribution in [2.75, 3.05) is 6.61 Å². The van der Waals surface area contributed by atoms with Crippen LogP contribution in [0.4, 0.5) is 0 Å². The summed E-state index contributed by atoms with van der Waals surface area (Å²) in [6.07, 6.45) is -0.878. The summed E-state index contributed by atoms with van der Waals surface area (Å²) >= 11 is 4.74. The van der Waals surface area contributed by atoms with Gasteiger partial charge in [0.1, 0.15) is 17.3 Å². The smallest absolute Gasteiger partial charge is 0.330 e. The molecule has 2 aromatic heterocycles. The second kappa shape index (κ2) is 6.71. The monoisotopic (exact) mass is 439 g/mol. The maximum Gasteiger partial charge on any atom is 0.330 e. The van der Waals surface area contributed by atoms with Gasteiger partial charge in [-0.3, -0.25) is 14.3 Å². The lowest BCUT2D eigenvalue weighted by Gasteiger charge is -2.14. The summed E-state index contributed by atoms with van der Waals surface area (Å²) in [6, 6.07) is 5.61. The Morgan fingerprint density at radius 3 is 2.96 bits per heavy atom. The number of ether oxygens (including phenoxy) is 1. The van der Waals surface area contributed by atoms with E-state index in [2.05, 4.69) is 25.9 Å². The third-order valence-electron chi connectivity index (χ3n) is 4.24. The van der Waals surface area contributed by atoms with Crippen molar-refractivity contribution >= 4 is 37.5 Å². The Kier molecular flexibility index (Phi) is 4.53. The fourth-order valence-electron chi connectivity index (χ4n) is 2.92. The van der Waals surface area contributed by atoms with Crippen LogP contribution in [0.15, 0.2) is 38.5 Å². The van der Waals surface area contributed by atoms with Gasteiger partial charge in [0.15, 0.2) is 0 Å². The summed E-state index contributed by atoms with van der Waals surface area (Å²) in [5.41, 5.74) is -0.189. The second-order valence-corrected chi connectivity index (χ2v) is 7.90. The zero-order chi connectivity index (χ0) is 18.4. The van der Waals surface area contributed by atoms with Crippen molar-refractivity contribution in [3.05, 3.63) is 49.7 Å². The standard InChI is InChI=1S/C16H14BrN3O5S/c17-7-1-2-9-12(3-7)26-15(18-9)8-5-20(16(24)19-14(8)23)13-4-10(22)11(6-21)25-13/h1-3,5,10-11,13,21-22H,4,6H2,(H,19,23,24)/t10-,11+,13+/m0/s1. The van der Waals surface area contributed by atoms with E-state index < -0.39 is 29.7 Å². The number of nitrogens with one attached hydrogen (secondary N) is 1. The van der Waals surface area contributed by atoms with Crippen LogP contribution in [0.5, 0.6) is 0 Å². The van der Waals surface area contributed by atoms with E-state index >= 15 is 0 Å². The van der Waals surface area contributed by atoms with Crippen LogP contribution in [0, 0.1) is 0 Å². The van der Waals surface area contributed by atoms with E-state index in [4.69, 9.17) is 4.74 Å². The molecule has 3 N–H and O–H groups in total. The average Bonchev–Trinajstić information content (AvgIpc) is 3.17. The number of aliphatic hydroxyl groups excluding tert-OH is 2. The molecule has 0 bridgehead atoms. The van der Waals surface area contributed by atoms with Crippen LogP contribution in [0.3, 0.4) is 0 Å². The molecule has 1 aromatic carbocycles. The Hall–Kier alpha value is -1.85. The number of H-pyrrole nitrogens is 1. The first kappa shape index (κ1) is 17.6. The number of rotatable bonds is 3. The minimum absolute atomic E-state index is 0.142. The summed E-state index contributed by atoms with van der Waals surface area (Å²) in [7, 11) is 0. The minimum Gasteiger partial charge on any atom is -0.394 e. The van der Waals surface area contributed by atoms with Crippen LogP contribution < -0.4 is 11.2 Å². The van der Waals surface area contributed by atoms with Gasteiger partial charge in [0.25, 0.3) is 5.56 Å². The van der Waals surface area contributed by atoms with Gasteiger partial charge < -0.3 is 14.9 Å². The molecule has 1 aliphatic rings. The first-order valence-electron chi connectivity index (χ1n) is 7.82. The zero-order valence-electron chi connectivity index (χ0n) is 13.3. The van der Waals surface area contributed by atoms with Gasteiger partial charge in [-0.15, -0.1) is 11.3 Å². The Labute approximate surface area is 158 Å². The van der Waals surface area contributed by atoms with E-state index in [0.29, 0.717) is 5.01 Å². The molecule has 10 heteroatoms. The van der Waals surface area contributed by atoms with Gasteiger partial charge >= 0.3 is 5.69 Å². The molecule has 0 aliphatic carbocycles. The molecule has 0 saturated carbocycles. The van der Waals surface area contributed by atoms with Crippen molar-refractivity contribution in [3.63, 3.8) is 0 Å². The lowest BCUT2D eigenvalue weighted by molar-refractivity contribution is -0.0458. The SMILES string of the molecule is O=c1[nH]c(=O)n([C@H]2C[C@H](O)[C@@H](CO)O2)cc1-c1nc2ccc(Br)cc2s1. The highest BCUT2D eigenvalue weighted by molar-refractivity contribution is 9.10. The maximum absolute atomic E-state index is 12.3. The molecule has 1 aliphatic heterocycles. The van der Waals surface area contributed by atoms with Crippen molar-refractivity contribution in [1.29, 1.82) is 0 Å². The molecule has 3 aromatic rings. The number of thiazole rings is 1. The number of nitrogens with zero attached hydrogens (tertiary/aromatic N) is 2. The number of hydrogen-bond donors (Lipinski definition) is 3. The number of aromatic amines is 1. The van der Waals surface area contributed by atoms with E-state index in [9.17, 15) is 19.8 Å². The first-order chi connectivity index (χ1) is 12.5. The lowest BCUT2D eigenvalue weighted by atomic mass is 10.2. The number of halogens is 1. The highest BCUT2D eigenvalue weighted by atomic mass is 79.9. The van der Waals surface area contributed by atoms with Crippen LogP contribution in [0.2, 0.25) is 0 Å². The summed E-state index contributed by atoms with van der Waals surface area (Å²) in [4.78, 5) is 31.2. The molecule has 1 fully saturated rings. The predicted octanol–water partition coefficient (Wildman–Crippen LogP) is 1.22. The van der Waals surface area contributed by atoms with E-state index in [-0.39, 0.29) is 18.6 Å². The number of hydrogen-bond acceptors (Lipinski definition) is 7. The van der Waals surface area contributed by atoms with Gasteiger partial charge in [-0.1, -0.05) is 15.9 Å². The lowest BCUT2D eigenvalue weighted by Crippen LogP contribution is -2.33. The Morgan fingerprint density at radius 2 is 2.23 bits per heavy atom. The Morgan fingerprint density at radius 1 is 1.42 bits per heavy atom. The summed E-state index contributed by atoms with van der Waals surface area (Å²) < 4.78 is 8.54. The van der Waals surface area contributed by atoms with E-state index in [0.717, 1.165) is 14.7 Å². The van der Waals surface area contributed by atoms with Crippen LogP contribution in [0.25, 0.3) is 20.8 Å². The van der Waals surface area contributed by atoms with Crippen molar-refractivity contribution in [3.8, 4) is 10.6 Å². The normalized spacial score (nSPS) is 23.0. The molecule has 0 amide bonds. The fourth-order valence-corrected chi connectivity index (χ4v) is 4.44. The number of aliphatic hydroxyl groups is 2. The van der Waals surface area contributed by atoms with Crippen LogP contribution in [-0.2, 0) is 4.74 Å². The van der Waals surface area contributed by atoms with Gasteiger partial charge in [0, 0.05) is 17.1 Å². The molecular formula is C16H14BrN3O5S. The van der Waals surface area contributed by atoms with Crippen molar-refractivity contribution in [2.24, 2.45) is 0 Å². The van der Waals surface area contributed by atoms with Gasteiger partial charge in [0.05, 0.1) is 28.5 Å². The number of benzene rings is 1. The third-order valence-corrected chi connectivity index (χ3v) is 5.79. The predicted molar refractivity (Wildman–Crippen MR) is 99.3 cm³/mol. The molecule has 4 rings (SSSR count). The van der Waals surface area contributed by atoms with Crippen LogP contribution in [-0.4, -0.2) is 43.6 Å². The zero-order valence-corrected chi connectivity index (χ0v) is 15.7. The molecule has 0 spiro atoms. The number of fused-ring (bicyclic) bond motifs is 1. The Balaban J connectivity index is 1.79. The van der Waals surface area contributed by atoms with Gasteiger partial charge in [-0.05, 0) is 18.2 Å². The molecule has 136 valence electrons. The van der Waals surface area contributed by atoms with Crippen molar-refractivity contribution < 1.29 is 14.9 Å². The second-order valence-electron chi connectivity index (χ2n) is 5.96.